The number of hydroxylamine groups is 2. The maximum atomic E-state index is 10.3. The predicted molar refractivity (Wildman–Crippen MR) is 126 cm³/mol. The van der Waals surface area contributed by atoms with Gasteiger partial charge in [0.05, 0.1) is 13.7 Å². The van der Waals surface area contributed by atoms with Crippen molar-refractivity contribution in [1.82, 2.24) is 10.0 Å². The zero-order valence-electron chi connectivity index (χ0n) is 20.3. The normalized spacial score (nSPS) is 26.6. The van der Waals surface area contributed by atoms with Gasteiger partial charge in [-0.3, -0.25) is 9.82 Å². The number of nitrogens with zero attached hydrogens (tertiary/aromatic N) is 2. The van der Waals surface area contributed by atoms with Crippen molar-refractivity contribution < 1.29 is 30.0 Å². The van der Waals surface area contributed by atoms with E-state index in [4.69, 9.17) is 9.57 Å². The van der Waals surface area contributed by atoms with Gasteiger partial charge in [-0.05, 0) is 36.8 Å². The third-order valence-corrected chi connectivity index (χ3v) is 6.51. The lowest BCUT2D eigenvalue weighted by Gasteiger charge is -2.44. The van der Waals surface area contributed by atoms with Crippen LogP contribution in [0, 0.1) is 5.92 Å². The standard InChI is InChI=1S/C25H44N2O6/c1-19(17-27(32-2)25-24(31)23(30)22(29)21(18-28)33-25)12-9-7-5-3-4-6-8-10-13-20-14-11-15-26-16-20/h11,14-16,19,21-25,28-31H,3-10,12-13,17-18H2,1-2H3/t19?,21-,22-,23+,24-,25-/m1/s1. The molecule has 1 aromatic rings. The summed E-state index contributed by atoms with van der Waals surface area (Å²) in [5, 5.41) is 41.1. The Kier molecular flexibility index (Phi) is 13.4. The molecule has 0 radical (unpaired) electrons. The summed E-state index contributed by atoms with van der Waals surface area (Å²) in [5.41, 5.74) is 1.32. The van der Waals surface area contributed by atoms with Crippen molar-refractivity contribution in [2.75, 3.05) is 20.3 Å². The minimum absolute atomic E-state index is 0.310. The van der Waals surface area contributed by atoms with E-state index in [1.165, 1.54) is 62.7 Å². The Balaban J connectivity index is 1.54. The monoisotopic (exact) mass is 468 g/mol. The molecule has 1 fully saturated rings. The number of ether oxygens (including phenoxy) is 1. The Hall–Kier alpha value is -1.13. The molecule has 8 heteroatoms. The van der Waals surface area contributed by atoms with Gasteiger partial charge < -0.3 is 25.2 Å². The van der Waals surface area contributed by atoms with Crippen LogP contribution in [0.2, 0.25) is 0 Å². The quantitative estimate of drug-likeness (QED) is 0.216. The summed E-state index contributed by atoms with van der Waals surface area (Å²) >= 11 is 0. The van der Waals surface area contributed by atoms with Crippen molar-refractivity contribution in [1.29, 1.82) is 0 Å². The van der Waals surface area contributed by atoms with Gasteiger partial charge in [-0.25, -0.2) is 0 Å². The van der Waals surface area contributed by atoms with E-state index in [-0.39, 0.29) is 0 Å². The Morgan fingerprint density at radius 2 is 1.67 bits per heavy atom. The molecule has 1 aliphatic heterocycles. The predicted octanol–water partition coefficient (Wildman–Crippen LogP) is 2.43. The number of hydrogen-bond donors (Lipinski definition) is 4. The molecule has 1 aliphatic rings. The van der Waals surface area contributed by atoms with Gasteiger partial charge in [-0.1, -0.05) is 57.9 Å². The molecule has 4 N–H and O–H groups in total. The first-order valence-corrected chi connectivity index (χ1v) is 12.5. The molecule has 2 rings (SSSR count). The van der Waals surface area contributed by atoms with Gasteiger partial charge in [0, 0.05) is 18.9 Å². The van der Waals surface area contributed by atoms with Crippen LogP contribution in [0.25, 0.3) is 0 Å². The average Bonchev–Trinajstić information content (AvgIpc) is 2.83. The molecule has 33 heavy (non-hydrogen) atoms. The average molecular weight is 469 g/mol. The Bertz CT molecular complexity index is 620. The molecule has 6 atom stereocenters. The molecule has 1 aromatic heterocycles. The van der Waals surface area contributed by atoms with E-state index in [1.54, 1.807) is 0 Å². The number of aromatic nitrogens is 1. The van der Waals surface area contributed by atoms with E-state index < -0.39 is 37.3 Å². The number of aliphatic hydroxyl groups excluding tert-OH is 4. The first kappa shape index (κ1) is 28.1. The van der Waals surface area contributed by atoms with Crippen molar-refractivity contribution in [3.63, 3.8) is 0 Å². The van der Waals surface area contributed by atoms with E-state index in [0.29, 0.717) is 12.5 Å². The molecule has 0 saturated carbocycles. The largest absolute Gasteiger partial charge is 0.394 e. The van der Waals surface area contributed by atoms with Crippen LogP contribution < -0.4 is 0 Å². The van der Waals surface area contributed by atoms with Crippen LogP contribution in [0.5, 0.6) is 0 Å². The second kappa shape index (κ2) is 15.7. The SMILES string of the molecule is CON(CC(C)CCCCCCCCCCc1cccnc1)[C@@H]1O[C@H](CO)[C@@H](O)[C@H](O)[C@H]1O. The third-order valence-electron chi connectivity index (χ3n) is 6.51. The molecule has 0 amide bonds. The maximum Gasteiger partial charge on any atom is 0.162 e. The third kappa shape index (κ3) is 9.56. The van der Waals surface area contributed by atoms with Gasteiger partial charge >= 0.3 is 0 Å². The number of unbranched alkanes of at least 4 members (excludes halogenated alkanes) is 7. The maximum absolute atomic E-state index is 10.3. The smallest absolute Gasteiger partial charge is 0.162 e. The summed E-state index contributed by atoms with van der Waals surface area (Å²) in [5.74, 6) is 0.310. The molecular weight excluding hydrogens is 424 g/mol. The number of pyridine rings is 1. The van der Waals surface area contributed by atoms with Crippen LogP contribution in [0.3, 0.4) is 0 Å². The minimum atomic E-state index is -1.40. The van der Waals surface area contributed by atoms with Crippen molar-refractivity contribution in [3.05, 3.63) is 30.1 Å². The summed E-state index contributed by atoms with van der Waals surface area (Å²) in [6.45, 7) is 2.20. The highest BCUT2D eigenvalue weighted by atomic mass is 16.7. The van der Waals surface area contributed by atoms with Crippen molar-refractivity contribution in [3.8, 4) is 0 Å². The fourth-order valence-corrected chi connectivity index (χ4v) is 4.43. The Labute approximate surface area is 198 Å². The van der Waals surface area contributed by atoms with Crippen LogP contribution in [-0.4, -0.2) is 81.4 Å². The van der Waals surface area contributed by atoms with Gasteiger partial charge in [-0.2, -0.15) is 5.06 Å². The molecule has 0 aromatic carbocycles. The van der Waals surface area contributed by atoms with E-state index in [2.05, 4.69) is 18.0 Å². The topological polar surface area (TPSA) is 116 Å². The molecule has 8 nitrogen and oxygen atoms in total. The number of aliphatic hydroxyl groups is 4. The molecule has 2 heterocycles. The Morgan fingerprint density at radius 1 is 1.00 bits per heavy atom. The van der Waals surface area contributed by atoms with E-state index in [1.807, 2.05) is 18.5 Å². The second-order valence-electron chi connectivity index (χ2n) is 9.34. The molecule has 0 aliphatic carbocycles. The molecule has 1 unspecified atom stereocenters. The lowest BCUT2D eigenvalue weighted by molar-refractivity contribution is -0.330. The Morgan fingerprint density at radius 3 is 2.27 bits per heavy atom. The fourth-order valence-electron chi connectivity index (χ4n) is 4.43. The highest BCUT2D eigenvalue weighted by molar-refractivity contribution is 5.08. The first-order chi connectivity index (χ1) is 16.0. The van der Waals surface area contributed by atoms with Crippen LogP contribution >= 0.6 is 0 Å². The van der Waals surface area contributed by atoms with Gasteiger partial charge in [-0.15, -0.1) is 0 Å². The van der Waals surface area contributed by atoms with Crippen molar-refractivity contribution in [2.24, 2.45) is 5.92 Å². The summed E-state index contributed by atoms with van der Waals surface area (Å²) in [7, 11) is 1.49. The van der Waals surface area contributed by atoms with Crippen LogP contribution in [-0.2, 0) is 16.0 Å². The summed E-state index contributed by atoms with van der Waals surface area (Å²) in [6.07, 6.45) is 9.91. The molecule has 0 spiro atoms. The van der Waals surface area contributed by atoms with Gasteiger partial charge in [0.1, 0.15) is 24.4 Å². The molecular formula is C25H44N2O6. The van der Waals surface area contributed by atoms with E-state index >= 15 is 0 Å². The highest BCUT2D eigenvalue weighted by Gasteiger charge is 2.46. The number of hydrogen-bond acceptors (Lipinski definition) is 8. The molecule has 1 saturated heterocycles. The van der Waals surface area contributed by atoms with Crippen LogP contribution in [0.1, 0.15) is 70.3 Å². The highest BCUT2D eigenvalue weighted by Crippen LogP contribution is 2.25. The van der Waals surface area contributed by atoms with Gasteiger partial charge in [0.15, 0.2) is 6.23 Å². The minimum Gasteiger partial charge on any atom is -0.394 e. The fraction of sp³-hybridized carbons (Fsp3) is 0.800. The zero-order valence-corrected chi connectivity index (χ0v) is 20.3. The first-order valence-electron chi connectivity index (χ1n) is 12.5. The molecule has 0 bridgehead atoms. The number of rotatable bonds is 16. The van der Waals surface area contributed by atoms with Gasteiger partial charge in [0.2, 0.25) is 0 Å². The van der Waals surface area contributed by atoms with Crippen LogP contribution in [0.4, 0.5) is 0 Å². The van der Waals surface area contributed by atoms with Crippen molar-refractivity contribution >= 4 is 0 Å². The number of aryl methyl sites for hydroxylation is 1. The van der Waals surface area contributed by atoms with E-state index in [9.17, 15) is 20.4 Å². The van der Waals surface area contributed by atoms with Gasteiger partial charge in [0.25, 0.3) is 0 Å². The van der Waals surface area contributed by atoms with Crippen molar-refractivity contribution in [2.45, 2.75) is 102 Å². The summed E-state index contributed by atoms with van der Waals surface area (Å²) in [6, 6.07) is 4.14. The van der Waals surface area contributed by atoms with E-state index in [0.717, 1.165) is 19.3 Å². The van der Waals surface area contributed by atoms with Crippen LogP contribution in [0.15, 0.2) is 24.5 Å². The summed E-state index contributed by atoms with van der Waals surface area (Å²) < 4.78 is 5.60. The summed E-state index contributed by atoms with van der Waals surface area (Å²) in [4.78, 5) is 9.56. The zero-order chi connectivity index (χ0) is 24.1. The molecule has 190 valence electrons. The second-order valence-corrected chi connectivity index (χ2v) is 9.34. The lowest BCUT2D eigenvalue weighted by atomic mass is 9.97. The lowest BCUT2D eigenvalue weighted by Crippen LogP contribution is -2.63.